The third-order valence-corrected chi connectivity index (χ3v) is 4.37. The third kappa shape index (κ3) is 3.49. The van der Waals surface area contributed by atoms with Gasteiger partial charge in [0.05, 0.1) is 6.54 Å². The van der Waals surface area contributed by atoms with Crippen molar-refractivity contribution in [3.05, 3.63) is 76.0 Å². The summed E-state index contributed by atoms with van der Waals surface area (Å²) in [5.41, 5.74) is 0.323. The van der Waals surface area contributed by atoms with E-state index in [4.69, 9.17) is 0 Å². The molecule has 0 aliphatic carbocycles. The number of pyridine rings is 2. The van der Waals surface area contributed by atoms with Crippen LogP contribution in [0.5, 0.6) is 0 Å². The van der Waals surface area contributed by atoms with E-state index in [0.717, 1.165) is 6.42 Å². The van der Waals surface area contributed by atoms with E-state index in [0.29, 0.717) is 16.6 Å². The van der Waals surface area contributed by atoms with Crippen LogP contribution in [0.4, 0.5) is 4.39 Å². The van der Waals surface area contributed by atoms with Gasteiger partial charge in [0.1, 0.15) is 17.0 Å². The maximum Gasteiger partial charge on any atom is 0.265 e. The quantitative estimate of drug-likeness (QED) is 0.766. The first kappa shape index (κ1) is 17.8. The van der Waals surface area contributed by atoms with Crippen molar-refractivity contribution in [2.24, 2.45) is 0 Å². The van der Waals surface area contributed by atoms with E-state index in [1.165, 1.54) is 10.6 Å². The molecule has 3 rings (SSSR count). The van der Waals surface area contributed by atoms with Crippen LogP contribution >= 0.6 is 0 Å². The minimum absolute atomic E-state index is 0.00344. The van der Waals surface area contributed by atoms with Crippen molar-refractivity contribution >= 4 is 16.9 Å². The Labute approximate surface area is 150 Å². The standard InChI is InChI=1S/C20H20FN3O2/c1-3-13(2)23-19(25)16-11-14-8-6-10-22-18(14)24(20(16)26)12-15-7-4-5-9-17(15)21/h4-11,13H,3,12H2,1-2H3,(H,23,25). The second-order valence-electron chi connectivity index (χ2n) is 6.24. The van der Waals surface area contributed by atoms with E-state index in [1.54, 1.807) is 42.6 Å². The Morgan fingerprint density at radius 3 is 2.77 bits per heavy atom. The minimum atomic E-state index is -0.486. The molecule has 134 valence electrons. The number of carbonyl (C=O) groups excluding carboxylic acids is 1. The fourth-order valence-corrected chi connectivity index (χ4v) is 2.72. The summed E-state index contributed by atoms with van der Waals surface area (Å²) in [6, 6.07) is 11.3. The topological polar surface area (TPSA) is 64.0 Å². The summed E-state index contributed by atoms with van der Waals surface area (Å²) in [6.07, 6.45) is 2.32. The minimum Gasteiger partial charge on any atom is -0.349 e. The van der Waals surface area contributed by atoms with Gasteiger partial charge in [0.25, 0.3) is 11.5 Å². The number of carbonyl (C=O) groups is 1. The maximum absolute atomic E-state index is 14.1. The van der Waals surface area contributed by atoms with Crippen molar-refractivity contribution in [2.75, 3.05) is 0 Å². The van der Waals surface area contributed by atoms with Gasteiger partial charge in [0, 0.05) is 23.2 Å². The summed E-state index contributed by atoms with van der Waals surface area (Å²) in [4.78, 5) is 29.7. The number of halogens is 1. The number of nitrogens with zero attached hydrogens (tertiary/aromatic N) is 2. The average molecular weight is 353 g/mol. The number of amides is 1. The molecule has 0 saturated carbocycles. The number of aromatic nitrogens is 2. The van der Waals surface area contributed by atoms with Gasteiger partial charge in [-0.15, -0.1) is 0 Å². The lowest BCUT2D eigenvalue weighted by Gasteiger charge is -2.14. The first-order valence-electron chi connectivity index (χ1n) is 8.54. The molecule has 1 aromatic carbocycles. The zero-order valence-corrected chi connectivity index (χ0v) is 14.7. The van der Waals surface area contributed by atoms with E-state index in [-0.39, 0.29) is 18.2 Å². The molecule has 2 aromatic heterocycles. The van der Waals surface area contributed by atoms with Crippen molar-refractivity contribution in [3.8, 4) is 0 Å². The highest BCUT2D eigenvalue weighted by Crippen LogP contribution is 2.14. The summed E-state index contributed by atoms with van der Waals surface area (Å²) < 4.78 is 15.4. The molecule has 0 aliphatic rings. The molecule has 1 N–H and O–H groups in total. The molecule has 1 amide bonds. The second kappa shape index (κ2) is 7.47. The maximum atomic E-state index is 14.1. The second-order valence-corrected chi connectivity index (χ2v) is 6.24. The van der Waals surface area contributed by atoms with E-state index in [2.05, 4.69) is 10.3 Å². The van der Waals surface area contributed by atoms with Gasteiger partial charge in [0.15, 0.2) is 0 Å². The summed E-state index contributed by atoms with van der Waals surface area (Å²) in [6.45, 7) is 3.83. The molecule has 0 bridgehead atoms. The smallest absolute Gasteiger partial charge is 0.265 e. The van der Waals surface area contributed by atoms with Gasteiger partial charge in [-0.05, 0) is 37.6 Å². The Morgan fingerprint density at radius 2 is 2.04 bits per heavy atom. The molecular weight excluding hydrogens is 333 g/mol. The van der Waals surface area contributed by atoms with E-state index in [1.807, 2.05) is 13.8 Å². The Balaban J connectivity index is 2.14. The zero-order valence-electron chi connectivity index (χ0n) is 14.7. The molecule has 0 saturated heterocycles. The Morgan fingerprint density at radius 1 is 1.27 bits per heavy atom. The molecule has 0 radical (unpaired) electrons. The van der Waals surface area contributed by atoms with Gasteiger partial charge in [-0.2, -0.15) is 0 Å². The number of hydrogen-bond acceptors (Lipinski definition) is 3. The van der Waals surface area contributed by atoms with Gasteiger partial charge >= 0.3 is 0 Å². The highest BCUT2D eigenvalue weighted by molar-refractivity contribution is 5.97. The van der Waals surface area contributed by atoms with Gasteiger partial charge in [-0.25, -0.2) is 9.37 Å². The van der Waals surface area contributed by atoms with Crippen molar-refractivity contribution < 1.29 is 9.18 Å². The van der Waals surface area contributed by atoms with Crippen LogP contribution in [0.3, 0.4) is 0 Å². The van der Waals surface area contributed by atoms with Crippen LogP contribution in [0.25, 0.3) is 11.0 Å². The van der Waals surface area contributed by atoms with E-state index in [9.17, 15) is 14.0 Å². The average Bonchev–Trinajstić information content (AvgIpc) is 2.65. The number of fused-ring (bicyclic) bond motifs is 1. The molecule has 1 atom stereocenters. The summed E-state index contributed by atoms with van der Waals surface area (Å²) >= 11 is 0. The Hall–Kier alpha value is -3.02. The van der Waals surface area contributed by atoms with Crippen LogP contribution in [-0.4, -0.2) is 21.5 Å². The van der Waals surface area contributed by atoms with Crippen LogP contribution in [-0.2, 0) is 6.54 Å². The molecule has 3 aromatic rings. The molecule has 1 unspecified atom stereocenters. The molecule has 0 fully saturated rings. The summed E-state index contributed by atoms with van der Waals surface area (Å²) in [5.74, 6) is -0.838. The largest absolute Gasteiger partial charge is 0.349 e. The molecular formula is C20H20FN3O2. The first-order valence-corrected chi connectivity index (χ1v) is 8.54. The molecule has 2 heterocycles. The number of hydrogen-bond donors (Lipinski definition) is 1. The van der Waals surface area contributed by atoms with Crippen LogP contribution < -0.4 is 10.9 Å². The molecule has 6 heteroatoms. The normalized spacial score (nSPS) is 12.1. The van der Waals surface area contributed by atoms with Crippen molar-refractivity contribution in [2.45, 2.75) is 32.9 Å². The summed E-state index contributed by atoms with van der Waals surface area (Å²) in [7, 11) is 0. The summed E-state index contributed by atoms with van der Waals surface area (Å²) in [5, 5.41) is 3.46. The lowest BCUT2D eigenvalue weighted by atomic mass is 10.1. The Bertz CT molecular complexity index is 1010. The molecule has 26 heavy (non-hydrogen) atoms. The SMILES string of the molecule is CCC(C)NC(=O)c1cc2cccnc2n(Cc2ccccc2F)c1=O. The lowest BCUT2D eigenvalue weighted by Crippen LogP contribution is -2.37. The van der Waals surface area contributed by atoms with E-state index < -0.39 is 17.3 Å². The number of rotatable bonds is 5. The highest BCUT2D eigenvalue weighted by Gasteiger charge is 2.18. The van der Waals surface area contributed by atoms with Crippen molar-refractivity contribution in [3.63, 3.8) is 0 Å². The van der Waals surface area contributed by atoms with Gasteiger partial charge in [-0.1, -0.05) is 25.1 Å². The van der Waals surface area contributed by atoms with Crippen LogP contribution in [0.1, 0.15) is 36.2 Å². The van der Waals surface area contributed by atoms with Gasteiger partial charge in [-0.3, -0.25) is 14.2 Å². The van der Waals surface area contributed by atoms with Crippen LogP contribution in [0.2, 0.25) is 0 Å². The lowest BCUT2D eigenvalue weighted by molar-refractivity contribution is 0.0937. The van der Waals surface area contributed by atoms with Crippen molar-refractivity contribution in [1.29, 1.82) is 0 Å². The van der Waals surface area contributed by atoms with Gasteiger partial charge in [0.2, 0.25) is 0 Å². The van der Waals surface area contributed by atoms with Crippen molar-refractivity contribution in [1.82, 2.24) is 14.9 Å². The van der Waals surface area contributed by atoms with Gasteiger partial charge < -0.3 is 5.32 Å². The van der Waals surface area contributed by atoms with Crippen LogP contribution in [0.15, 0.2) is 53.5 Å². The molecule has 0 spiro atoms. The fraction of sp³-hybridized carbons (Fsp3) is 0.250. The Kier molecular flexibility index (Phi) is 5.11. The molecule has 0 aliphatic heterocycles. The highest BCUT2D eigenvalue weighted by atomic mass is 19.1. The molecule has 5 nitrogen and oxygen atoms in total. The zero-order chi connectivity index (χ0) is 18.7. The first-order chi connectivity index (χ1) is 12.5. The predicted octanol–water partition coefficient (Wildman–Crippen LogP) is 3.11. The number of nitrogens with one attached hydrogen (secondary N) is 1. The predicted molar refractivity (Wildman–Crippen MR) is 98.7 cm³/mol. The monoisotopic (exact) mass is 353 g/mol. The van der Waals surface area contributed by atoms with Crippen LogP contribution in [0, 0.1) is 5.82 Å². The van der Waals surface area contributed by atoms with E-state index >= 15 is 0 Å². The fourth-order valence-electron chi connectivity index (χ4n) is 2.72. The third-order valence-electron chi connectivity index (χ3n) is 4.37. The number of benzene rings is 1.